The molecule has 2 aromatic rings. The van der Waals surface area contributed by atoms with E-state index in [0.717, 1.165) is 24.0 Å². The minimum atomic E-state index is -4.75. The number of nitrogens with zero attached hydrogens (tertiary/aromatic N) is 1. The molecule has 1 spiro atoms. The fraction of sp³-hybridized carbons (Fsp3) is 0.567. The highest BCUT2D eigenvalue weighted by Crippen LogP contribution is 2.41. The van der Waals surface area contributed by atoms with E-state index in [9.17, 15) is 36.2 Å². The first-order valence-electron chi connectivity index (χ1n) is 13.8. The maximum Gasteiger partial charge on any atom is 0.416 e. The standard InChI is InChI=1S/C27H29F6NO3.C3H6/c1-17(24(35)36)13-18-3-4-19-7-9-25(37-23(19)14-18)8-2-11-34(12-10-25)16-20-15-21(26(28,29)30)5-6-22(20)27(31,32)33;1-2-3-1/h3-6,14-15,17H,2,7-13,16H2,1H3,(H,35,36);1-3H2. The number of rotatable bonds is 5. The second kappa shape index (κ2) is 12.0. The Labute approximate surface area is 230 Å². The van der Waals surface area contributed by atoms with Gasteiger partial charge in [0.05, 0.1) is 17.0 Å². The largest absolute Gasteiger partial charge is 0.487 e. The first-order valence-corrected chi connectivity index (χ1v) is 13.8. The van der Waals surface area contributed by atoms with E-state index in [-0.39, 0.29) is 12.1 Å². The average molecular weight is 572 g/mol. The summed E-state index contributed by atoms with van der Waals surface area (Å²) < 4.78 is 86.7. The monoisotopic (exact) mass is 571 g/mol. The minimum Gasteiger partial charge on any atom is -0.487 e. The summed E-state index contributed by atoms with van der Waals surface area (Å²) in [7, 11) is 0. The molecule has 2 atom stereocenters. The van der Waals surface area contributed by atoms with Crippen molar-refractivity contribution in [2.75, 3.05) is 13.1 Å². The van der Waals surface area contributed by atoms with Gasteiger partial charge >= 0.3 is 18.3 Å². The van der Waals surface area contributed by atoms with Crippen molar-refractivity contribution in [3.63, 3.8) is 0 Å². The van der Waals surface area contributed by atoms with Gasteiger partial charge in [0, 0.05) is 13.1 Å². The number of likely N-dealkylation sites (tertiary alicyclic amines) is 1. The molecule has 0 amide bonds. The van der Waals surface area contributed by atoms with Crippen LogP contribution >= 0.6 is 0 Å². The molecule has 3 aliphatic rings. The Bertz CT molecular complexity index is 1190. The Morgan fingerprint density at radius 2 is 1.68 bits per heavy atom. The third kappa shape index (κ3) is 7.92. The molecule has 40 heavy (non-hydrogen) atoms. The number of benzene rings is 2. The molecule has 1 saturated heterocycles. The molecule has 2 fully saturated rings. The molecule has 2 unspecified atom stereocenters. The number of ether oxygens (including phenoxy) is 1. The van der Waals surface area contributed by atoms with E-state index in [1.165, 1.54) is 19.3 Å². The number of carboxylic acid groups (broad SMARTS) is 1. The summed E-state index contributed by atoms with van der Waals surface area (Å²) in [4.78, 5) is 13.0. The van der Waals surface area contributed by atoms with Crippen LogP contribution in [0.25, 0.3) is 0 Å². The van der Waals surface area contributed by atoms with Crippen LogP contribution in [0, 0.1) is 5.92 Å². The van der Waals surface area contributed by atoms with E-state index in [1.54, 1.807) is 11.8 Å². The Morgan fingerprint density at radius 3 is 2.30 bits per heavy atom. The average Bonchev–Trinajstić information content (AvgIpc) is 3.76. The van der Waals surface area contributed by atoms with Gasteiger partial charge < -0.3 is 9.84 Å². The predicted octanol–water partition coefficient (Wildman–Crippen LogP) is 7.91. The van der Waals surface area contributed by atoms with Gasteiger partial charge in [-0.1, -0.05) is 38.3 Å². The van der Waals surface area contributed by atoms with Crippen LogP contribution in [0.3, 0.4) is 0 Å². The van der Waals surface area contributed by atoms with E-state index < -0.39 is 41.0 Å². The van der Waals surface area contributed by atoms with Crippen LogP contribution in [0.1, 0.15) is 79.7 Å². The number of aliphatic carboxylic acids is 1. The normalized spacial score (nSPS) is 21.9. The smallest absolute Gasteiger partial charge is 0.416 e. The van der Waals surface area contributed by atoms with E-state index in [1.807, 2.05) is 18.2 Å². The number of carbonyl (C=O) groups is 1. The van der Waals surface area contributed by atoms with Gasteiger partial charge in [0.2, 0.25) is 0 Å². The maximum atomic E-state index is 13.5. The lowest BCUT2D eigenvalue weighted by Crippen LogP contribution is -2.40. The van der Waals surface area contributed by atoms with Crippen LogP contribution in [-0.2, 0) is 36.5 Å². The number of alkyl halides is 6. The van der Waals surface area contributed by atoms with Gasteiger partial charge in [0.1, 0.15) is 11.4 Å². The van der Waals surface area contributed by atoms with Crippen molar-refractivity contribution in [2.24, 2.45) is 5.92 Å². The number of aryl methyl sites for hydroxylation is 1. The second-order valence-corrected chi connectivity index (χ2v) is 11.2. The van der Waals surface area contributed by atoms with Crippen LogP contribution in [0.4, 0.5) is 26.3 Å². The topological polar surface area (TPSA) is 49.8 Å². The first-order chi connectivity index (χ1) is 18.8. The zero-order chi connectivity index (χ0) is 29.1. The van der Waals surface area contributed by atoms with Gasteiger partial charge in [0.25, 0.3) is 0 Å². The van der Waals surface area contributed by atoms with E-state index >= 15 is 0 Å². The lowest BCUT2D eigenvalue weighted by Gasteiger charge is -2.38. The summed E-state index contributed by atoms with van der Waals surface area (Å²) in [6.07, 6.45) is -1.29. The van der Waals surface area contributed by atoms with Gasteiger partial charge in [-0.05, 0) is 86.0 Å². The molecule has 1 saturated carbocycles. The minimum absolute atomic E-state index is 0.233. The lowest BCUT2D eigenvalue weighted by molar-refractivity contribution is -0.142. The molecule has 0 radical (unpaired) electrons. The van der Waals surface area contributed by atoms with Gasteiger partial charge in [0.15, 0.2) is 0 Å². The predicted molar refractivity (Wildman–Crippen MR) is 138 cm³/mol. The van der Waals surface area contributed by atoms with Crippen LogP contribution in [0.5, 0.6) is 5.75 Å². The quantitative estimate of drug-likeness (QED) is 0.371. The van der Waals surface area contributed by atoms with Gasteiger partial charge in [-0.25, -0.2) is 0 Å². The van der Waals surface area contributed by atoms with Gasteiger partial charge in [-0.2, -0.15) is 26.3 Å². The van der Waals surface area contributed by atoms with E-state index in [2.05, 4.69) is 0 Å². The molecule has 10 heteroatoms. The molecule has 5 rings (SSSR count). The molecular formula is C30H35F6NO3. The summed E-state index contributed by atoms with van der Waals surface area (Å²) in [6.45, 7) is 2.24. The summed E-state index contributed by atoms with van der Waals surface area (Å²) in [6, 6.07) is 7.32. The third-order valence-corrected chi connectivity index (χ3v) is 7.75. The van der Waals surface area contributed by atoms with Crippen molar-refractivity contribution >= 4 is 5.97 Å². The SMILES string of the molecule is C1CC1.CC(Cc1ccc2c(c1)OC1(CCCN(Cc3cc(C(F)(F)F)ccc3C(F)(F)F)CC1)CC2)C(=O)O. The molecule has 0 aromatic heterocycles. The molecule has 4 nitrogen and oxygen atoms in total. The molecule has 1 aliphatic carbocycles. The van der Waals surface area contributed by atoms with Crippen molar-refractivity contribution in [3.05, 3.63) is 64.2 Å². The van der Waals surface area contributed by atoms with Gasteiger partial charge in [-0.3, -0.25) is 9.69 Å². The molecular weight excluding hydrogens is 536 g/mol. The van der Waals surface area contributed by atoms with Crippen LogP contribution in [0.2, 0.25) is 0 Å². The number of fused-ring (bicyclic) bond motifs is 1. The highest BCUT2D eigenvalue weighted by Gasteiger charge is 2.40. The van der Waals surface area contributed by atoms with Gasteiger partial charge in [-0.15, -0.1) is 0 Å². The van der Waals surface area contributed by atoms with Crippen LogP contribution in [-0.4, -0.2) is 34.7 Å². The van der Waals surface area contributed by atoms with E-state index in [4.69, 9.17) is 4.74 Å². The number of carboxylic acids is 1. The van der Waals surface area contributed by atoms with Crippen molar-refractivity contribution < 1.29 is 41.0 Å². The number of hydrogen-bond acceptors (Lipinski definition) is 3. The van der Waals surface area contributed by atoms with Crippen LogP contribution in [0.15, 0.2) is 36.4 Å². The summed E-state index contributed by atoms with van der Waals surface area (Å²) >= 11 is 0. The fourth-order valence-corrected chi connectivity index (χ4v) is 5.27. The molecule has 0 bridgehead atoms. The molecule has 2 heterocycles. The van der Waals surface area contributed by atoms with Crippen molar-refractivity contribution in [1.82, 2.24) is 4.90 Å². The summed E-state index contributed by atoms with van der Waals surface area (Å²) in [5, 5.41) is 9.20. The highest BCUT2D eigenvalue weighted by molar-refractivity contribution is 5.70. The number of halogens is 6. The third-order valence-electron chi connectivity index (χ3n) is 7.75. The molecule has 220 valence electrons. The molecule has 2 aliphatic heterocycles. The Balaban J connectivity index is 0.00000115. The summed E-state index contributed by atoms with van der Waals surface area (Å²) in [5.74, 6) is -0.722. The zero-order valence-electron chi connectivity index (χ0n) is 22.5. The first kappa shape index (κ1) is 30.2. The van der Waals surface area contributed by atoms with Crippen molar-refractivity contribution in [1.29, 1.82) is 0 Å². The van der Waals surface area contributed by atoms with Crippen molar-refractivity contribution in [3.8, 4) is 5.75 Å². The zero-order valence-corrected chi connectivity index (χ0v) is 22.5. The van der Waals surface area contributed by atoms with Crippen LogP contribution < -0.4 is 4.74 Å². The molecule has 1 N–H and O–H groups in total. The fourth-order valence-electron chi connectivity index (χ4n) is 5.27. The Morgan fingerprint density at radius 1 is 0.950 bits per heavy atom. The number of hydrogen-bond donors (Lipinski definition) is 1. The van der Waals surface area contributed by atoms with E-state index in [0.29, 0.717) is 62.7 Å². The van der Waals surface area contributed by atoms with Crippen molar-refractivity contribution in [2.45, 2.75) is 89.2 Å². The summed E-state index contributed by atoms with van der Waals surface area (Å²) in [5.41, 5.74) is -1.17. The highest BCUT2D eigenvalue weighted by atomic mass is 19.4. The lowest BCUT2D eigenvalue weighted by atomic mass is 9.84. The Hall–Kier alpha value is -2.75. The maximum absolute atomic E-state index is 13.5. The molecule has 2 aromatic carbocycles. The second-order valence-electron chi connectivity index (χ2n) is 11.2. The Kier molecular flexibility index (Phi) is 9.07.